The predicted octanol–water partition coefficient (Wildman–Crippen LogP) is 1.04. The van der Waals surface area contributed by atoms with Gasteiger partial charge in [0.25, 0.3) is 0 Å². The maximum atomic E-state index is 10.9. The van der Waals surface area contributed by atoms with E-state index < -0.39 is 5.97 Å². The van der Waals surface area contributed by atoms with Gasteiger partial charge in [-0.1, -0.05) is 19.1 Å². The van der Waals surface area contributed by atoms with Crippen LogP contribution in [0.15, 0.2) is 24.3 Å². The van der Waals surface area contributed by atoms with Gasteiger partial charge in [-0.3, -0.25) is 4.90 Å². The van der Waals surface area contributed by atoms with Gasteiger partial charge in [-0.2, -0.15) is 0 Å². The molecule has 0 spiro atoms. The number of aliphatic hydroxyl groups is 1. The van der Waals surface area contributed by atoms with Crippen LogP contribution >= 0.6 is 0 Å². The van der Waals surface area contributed by atoms with Gasteiger partial charge in [0, 0.05) is 6.54 Å². The molecular formula is C12H17NO4. The van der Waals surface area contributed by atoms with E-state index in [9.17, 15) is 4.79 Å². The second kappa shape index (κ2) is 6.88. The first-order chi connectivity index (χ1) is 8.19. The molecule has 0 fully saturated rings. The third-order valence-corrected chi connectivity index (χ3v) is 2.38. The van der Waals surface area contributed by atoms with E-state index in [4.69, 9.17) is 14.9 Å². The summed E-state index contributed by atoms with van der Waals surface area (Å²) in [6, 6.07) is 6.50. The lowest BCUT2D eigenvalue weighted by Crippen LogP contribution is -2.30. The fraction of sp³-hybridized carbons (Fsp3) is 0.417. The van der Waals surface area contributed by atoms with Gasteiger partial charge in [0.15, 0.2) is 0 Å². The van der Waals surface area contributed by atoms with Gasteiger partial charge in [0.2, 0.25) is 0 Å². The highest BCUT2D eigenvalue weighted by molar-refractivity contribution is 5.90. The minimum Gasteiger partial charge on any atom is -0.478 e. The van der Waals surface area contributed by atoms with E-state index in [2.05, 4.69) is 0 Å². The average Bonchev–Trinajstić information content (AvgIpc) is 2.34. The summed E-state index contributed by atoms with van der Waals surface area (Å²) >= 11 is 0. The highest BCUT2D eigenvalue weighted by Gasteiger charge is 2.11. The van der Waals surface area contributed by atoms with Crippen LogP contribution < -0.4 is 4.74 Å². The van der Waals surface area contributed by atoms with Crippen LogP contribution in [-0.4, -0.2) is 47.5 Å². The number of hydrogen-bond acceptors (Lipinski definition) is 4. The third kappa shape index (κ3) is 4.05. The molecule has 0 radical (unpaired) electrons. The zero-order valence-electron chi connectivity index (χ0n) is 9.80. The number of carbonyl (C=O) groups is 1. The van der Waals surface area contributed by atoms with Crippen LogP contribution in [0.3, 0.4) is 0 Å². The van der Waals surface area contributed by atoms with E-state index in [-0.39, 0.29) is 18.9 Å². The molecule has 0 saturated carbocycles. The SMILES string of the molecule is CCN(CCO)COc1ccccc1C(=O)O. The Morgan fingerprint density at radius 3 is 2.71 bits per heavy atom. The molecule has 5 nitrogen and oxygen atoms in total. The number of aliphatic hydroxyl groups excluding tert-OH is 1. The van der Waals surface area contributed by atoms with Crippen LogP contribution in [0.1, 0.15) is 17.3 Å². The standard InChI is InChI=1S/C12H17NO4/c1-2-13(7-8-14)9-17-11-6-4-3-5-10(11)12(15)16/h3-6,14H,2,7-9H2,1H3,(H,15,16). The number of aromatic carboxylic acids is 1. The van der Waals surface area contributed by atoms with Crippen molar-refractivity contribution >= 4 is 5.97 Å². The molecule has 2 N–H and O–H groups in total. The Balaban J connectivity index is 2.65. The van der Waals surface area contributed by atoms with Crippen LogP contribution in [0.2, 0.25) is 0 Å². The zero-order valence-corrected chi connectivity index (χ0v) is 9.80. The van der Waals surface area contributed by atoms with Crippen LogP contribution in [0, 0.1) is 0 Å². The van der Waals surface area contributed by atoms with Crippen molar-refractivity contribution in [1.29, 1.82) is 0 Å². The summed E-state index contributed by atoms with van der Waals surface area (Å²) in [7, 11) is 0. The number of ether oxygens (including phenoxy) is 1. The monoisotopic (exact) mass is 239 g/mol. The van der Waals surface area contributed by atoms with Crippen LogP contribution in [0.4, 0.5) is 0 Å². The molecule has 17 heavy (non-hydrogen) atoms. The quantitative estimate of drug-likeness (QED) is 0.696. The lowest BCUT2D eigenvalue weighted by Gasteiger charge is -2.20. The van der Waals surface area contributed by atoms with E-state index in [1.807, 2.05) is 11.8 Å². The Labute approximate surface area is 100 Å². The van der Waals surface area contributed by atoms with Crippen molar-refractivity contribution < 1.29 is 19.7 Å². The van der Waals surface area contributed by atoms with Crippen molar-refractivity contribution in [2.45, 2.75) is 6.92 Å². The molecule has 1 aromatic rings. The molecule has 0 aliphatic rings. The highest BCUT2D eigenvalue weighted by Crippen LogP contribution is 2.17. The molecule has 1 aromatic carbocycles. The summed E-state index contributed by atoms with van der Waals surface area (Å²) in [6.45, 7) is 3.50. The first-order valence-electron chi connectivity index (χ1n) is 5.47. The fourth-order valence-electron chi connectivity index (χ4n) is 1.39. The predicted molar refractivity (Wildman–Crippen MR) is 63.2 cm³/mol. The van der Waals surface area contributed by atoms with E-state index in [0.717, 1.165) is 6.54 Å². The maximum absolute atomic E-state index is 10.9. The Morgan fingerprint density at radius 1 is 1.41 bits per heavy atom. The Kier molecular flexibility index (Phi) is 5.45. The van der Waals surface area contributed by atoms with Gasteiger partial charge in [-0.15, -0.1) is 0 Å². The molecule has 0 atom stereocenters. The topological polar surface area (TPSA) is 70.0 Å². The second-order valence-corrected chi connectivity index (χ2v) is 3.51. The van der Waals surface area contributed by atoms with Crippen molar-refractivity contribution in [3.05, 3.63) is 29.8 Å². The van der Waals surface area contributed by atoms with Gasteiger partial charge in [-0.05, 0) is 18.7 Å². The average molecular weight is 239 g/mol. The van der Waals surface area contributed by atoms with E-state index >= 15 is 0 Å². The number of para-hydroxylation sites is 1. The van der Waals surface area contributed by atoms with E-state index in [1.54, 1.807) is 18.2 Å². The molecule has 1 rings (SSSR count). The highest BCUT2D eigenvalue weighted by atomic mass is 16.5. The van der Waals surface area contributed by atoms with Crippen molar-refractivity contribution in [1.82, 2.24) is 4.90 Å². The largest absolute Gasteiger partial charge is 0.478 e. The number of hydrogen-bond donors (Lipinski definition) is 2. The fourth-order valence-corrected chi connectivity index (χ4v) is 1.39. The van der Waals surface area contributed by atoms with Crippen LogP contribution in [0.25, 0.3) is 0 Å². The van der Waals surface area contributed by atoms with E-state index in [1.165, 1.54) is 6.07 Å². The Hall–Kier alpha value is -1.59. The van der Waals surface area contributed by atoms with Gasteiger partial charge >= 0.3 is 5.97 Å². The van der Waals surface area contributed by atoms with Crippen LogP contribution in [-0.2, 0) is 0 Å². The summed E-state index contributed by atoms with van der Waals surface area (Å²) in [6.07, 6.45) is 0. The second-order valence-electron chi connectivity index (χ2n) is 3.51. The summed E-state index contributed by atoms with van der Waals surface area (Å²) in [5.41, 5.74) is 0.146. The minimum atomic E-state index is -1.01. The molecule has 0 bridgehead atoms. The molecule has 0 heterocycles. The summed E-state index contributed by atoms with van der Waals surface area (Å²) in [4.78, 5) is 12.8. The first-order valence-corrected chi connectivity index (χ1v) is 5.47. The summed E-state index contributed by atoms with van der Waals surface area (Å²) in [5, 5.41) is 17.8. The Morgan fingerprint density at radius 2 is 2.12 bits per heavy atom. The zero-order chi connectivity index (χ0) is 12.7. The number of carboxylic acids is 1. The van der Waals surface area contributed by atoms with Crippen LogP contribution in [0.5, 0.6) is 5.75 Å². The molecule has 5 heteroatoms. The van der Waals surface area contributed by atoms with Crippen molar-refractivity contribution in [3.63, 3.8) is 0 Å². The number of carboxylic acid groups (broad SMARTS) is 1. The Bertz CT molecular complexity index is 367. The normalized spacial score (nSPS) is 10.5. The first kappa shape index (κ1) is 13.5. The summed E-state index contributed by atoms with van der Waals surface area (Å²) < 4.78 is 5.44. The molecule has 0 aliphatic carbocycles. The molecule has 0 amide bonds. The van der Waals surface area contributed by atoms with Gasteiger partial charge in [-0.25, -0.2) is 4.79 Å². The van der Waals surface area contributed by atoms with Crippen molar-refractivity contribution in [2.24, 2.45) is 0 Å². The lowest BCUT2D eigenvalue weighted by molar-refractivity contribution is 0.0681. The van der Waals surface area contributed by atoms with Gasteiger partial charge in [0.05, 0.1) is 6.61 Å². The minimum absolute atomic E-state index is 0.0534. The van der Waals surface area contributed by atoms with E-state index in [0.29, 0.717) is 12.3 Å². The molecule has 0 saturated heterocycles. The van der Waals surface area contributed by atoms with Gasteiger partial charge in [0.1, 0.15) is 18.0 Å². The van der Waals surface area contributed by atoms with Gasteiger partial charge < -0.3 is 14.9 Å². The molecular weight excluding hydrogens is 222 g/mol. The number of benzene rings is 1. The molecule has 94 valence electrons. The molecule has 0 unspecified atom stereocenters. The smallest absolute Gasteiger partial charge is 0.339 e. The lowest BCUT2D eigenvalue weighted by atomic mass is 10.2. The number of nitrogens with zero attached hydrogens (tertiary/aromatic N) is 1. The molecule has 0 aliphatic heterocycles. The summed E-state index contributed by atoms with van der Waals surface area (Å²) in [5.74, 6) is -0.665. The molecule has 0 aromatic heterocycles. The van der Waals surface area contributed by atoms with Crippen molar-refractivity contribution in [2.75, 3.05) is 26.4 Å². The number of rotatable bonds is 7. The third-order valence-electron chi connectivity index (χ3n) is 2.38. The maximum Gasteiger partial charge on any atom is 0.339 e. The number of likely N-dealkylation sites (N-methyl/N-ethyl adjacent to an activating group) is 1. The van der Waals surface area contributed by atoms with Crippen molar-refractivity contribution in [3.8, 4) is 5.75 Å².